The van der Waals surface area contributed by atoms with Crippen LogP contribution in [0.1, 0.15) is 24.2 Å². The number of ether oxygens (including phenoxy) is 1. The minimum Gasteiger partial charge on any atom is -0.378 e. The Balaban J connectivity index is 1.61. The van der Waals surface area contributed by atoms with Crippen molar-refractivity contribution < 1.29 is 14.5 Å². The van der Waals surface area contributed by atoms with Gasteiger partial charge in [-0.05, 0) is 38.1 Å². The van der Waals surface area contributed by atoms with E-state index in [1.165, 1.54) is 12.1 Å². The van der Waals surface area contributed by atoms with E-state index < -0.39 is 4.92 Å². The average Bonchev–Trinajstić information content (AvgIpc) is 3.24. The van der Waals surface area contributed by atoms with Crippen molar-refractivity contribution in [1.29, 1.82) is 0 Å². The molecule has 1 aromatic heterocycles. The normalized spacial score (nSPS) is 13.9. The Labute approximate surface area is 189 Å². The van der Waals surface area contributed by atoms with Crippen LogP contribution in [0.2, 0.25) is 0 Å². The SMILES string of the molecule is CCN(CC)c1ccc([N+](=O)[O-])cc1C(=O)Nc1ccc2nc(N3CCOCC3)sc2c1. The second-order valence-corrected chi connectivity index (χ2v) is 8.37. The Kier molecular flexibility index (Phi) is 6.52. The van der Waals surface area contributed by atoms with E-state index >= 15 is 0 Å². The lowest BCUT2D eigenvalue weighted by Crippen LogP contribution is -2.36. The molecule has 1 aliphatic rings. The fourth-order valence-electron chi connectivity index (χ4n) is 3.74. The van der Waals surface area contributed by atoms with Gasteiger partial charge in [-0.25, -0.2) is 4.98 Å². The molecule has 1 N–H and O–H groups in total. The highest BCUT2D eigenvalue weighted by Crippen LogP contribution is 2.32. The van der Waals surface area contributed by atoms with Crippen LogP contribution in [0, 0.1) is 10.1 Å². The lowest BCUT2D eigenvalue weighted by atomic mass is 10.1. The lowest BCUT2D eigenvalue weighted by molar-refractivity contribution is -0.384. The molecule has 0 unspecified atom stereocenters. The third kappa shape index (κ3) is 4.51. The molecule has 0 radical (unpaired) electrons. The number of carbonyl (C=O) groups excluding carboxylic acids is 1. The molecule has 4 rings (SSSR count). The maximum atomic E-state index is 13.1. The number of nitrogens with one attached hydrogen (secondary N) is 1. The summed E-state index contributed by atoms with van der Waals surface area (Å²) >= 11 is 1.57. The Bertz CT molecular complexity index is 1140. The van der Waals surface area contributed by atoms with Crippen LogP contribution in [-0.4, -0.2) is 55.2 Å². The van der Waals surface area contributed by atoms with Gasteiger partial charge in [0.15, 0.2) is 5.13 Å². The van der Waals surface area contributed by atoms with Crippen LogP contribution in [0.15, 0.2) is 36.4 Å². The van der Waals surface area contributed by atoms with Crippen LogP contribution < -0.4 is 15.1 Å². The van der Waals surface area contributed by atoms with E-state index in [0.29, 0.717) is 37.7 Å². The number of morpholine rings is 1. The first-order valence-electron chi connectivity index (χ1n) is 10.6. The molecule has 3 aromatic rings. The van der Waals surface area contributed by atoms with Crippen molar-refractivity contribution in [2.24, 2.45) is 0 Å². The minimum absolute atomic E-state index is 0.112. The number of nitro groups is 1. The van der Waals surface area contributed by atoms with Gasteiger partial charge in [0.05, 0.1) is 39.6 Å². The van der Waals surface area contributed by atoms with Gasteiger partial charge in [0.2, 0.25) is 0 Å². The lowest BCUT2D eigenvalue weighted by Gasteiger charge is -2.25. The topological polar surface area (TPSA) is 101 Å². The van der Waals surface area contributed by atoms with Crippen molar-refractivity contribution in [2.45, 2.75) is 13.8 Å². The Hall–Kier alpha value is -3.24. The van der Waals surface area contributed by atoms with Crippen LogP contribution in [-0.2, 0) is 4.74 Å². The third-order valence-electron chi connectivity index (χ3n) is 5.46. The zero-order valence-electron chi connectivity index (χ0n) is 18.0. The summed E-state index contributed by atoms with van der Waals surface area (Å²) in [6.45, 7) is 8.34. The maximum absolute atomic E-state index is 13.1. The average molecular weight is 456 g/mol. The number of anilines is 3. The summed E-state index contributed by atoms with van der Waals surface area (Å²) in [7, 11) is 0. The van der Waals surface area contributed by atoms with E-state index in [2.05, 4.69) is 10.2 Å². The second-order valence-electron chi connectivity index (χ2n) is 7.36. The summed E-state index contributed by atoms with van der Waals surface area (Å²) < 4.78 is 6.37. The summed E-state index contributed by atoms with van der Waals surface area (Å²) in [5.74, 6) is -0.382. The van der Waals surface area contributed by atoms with Gasteiger partial charge >= 0.3 is 0 Å². The third-order valence-corrected chi connectivity index (χ3v) is 6.54. The number of hydrogen-bond acceptors (Lipinski definition) is 8. The second kappa shape index (κ2) is 9.49. The van der Waals surface area contributed by atoms with Crippen molar-refractivity contribution in [3.8, 4) is 0 Å². The van der Waals surface area contributed by atoms with Gasteiger partial charge in [0.25, 0.3) is 11.6 Å². The zero-order valence-corrected chi connectivity index (χ0v) is 18.9. The fourth-order valence-corrected chi connectivity index (χ4v) is 4.79. The fraction of sp³-hybridized carbons (Fsp3) is 0.364. The molecule has 0 bridgehead atoms. The highest BCUT2D eigenvalue weighted by molar-refractivity contribution is 7.22. The molecule has 1 aliphatic heterocycles. The number of nitro benzene ring substituents is 1. The molecule has 32 heavy (non-hydrogen) atoms. The predicted octanol–water partition coefficient (Wildman–Crippen LogP) is 4.14. The number of hydrogen-bond donors (Lipinski definition) is 1. The number of fused-ring (bicyclic) bond motifs is 1. The van der Waals surface area contributed by atoms with Crippen LogP contribution in [0.4, 0.5) is 22.2 Å². The van der Waals surface area contributed by atoms with Crippen LogP contribution in [0.25, 0.3) is 10.2 Å². The molecule has 0 atom stereocenters. The molecule has 0 aliphatic carbocycles. The van der Waals surface area contributed by atoms with Crippen molar-refractivity contribution in [1.82, 2.24) is 4.98 Å². The molecular weight excluding hydrogens is 430 g/mol. The van der Waals surface area contributed by atoms with Gasteiger partial charge in [0, 0.05) is 44.0 Å². The van der Waals surface area contributed by atoms with Gasteiger partial charge in [-0.3, -0.25) is 14.9 Å². The monoisotopic (exact) mass is 455 g/mol. The largest absolute Gasteiger partial charge is 0.378 e. The molecule has 168 valence electrons. The number of nitrogens with zero attached hydrogens (tertiary/aromatic N) is 4. The van der Waals surface area contributed by atoms with E-state index in [0.717, 1.165) is 28.4 Å². The highest BCUT2D eigenvalue weighted by Gasteiger charge is 2.20. The quantitative estimate of drug-likeness (QED) is 0.422. The standard InChI is InChI=1S/C22H25N5O4S/c1-3-25(4-2)19-8-6-16(27(29)30)14-17(19)21(28)23-15-5-7-18-20(13-15)32-22(24-18)26-9-11-31-12-10-26/h5-8,13-14H,3-4,9-12H2,1-2H3,(H,23,28). The summed E-state index contributed by atoms with van der Waals surface area (Å²) in [5, 5.41) is 15.1. The summed E-state index contributed by atoms with van der Waals surface area (Å²) in [4.78, 5) is 32.8. The first-order valence-corrected chi connectivity index (χ1v) is 11.4. The summed E-state index contributed by atoms with van der Waals surface area (Å²) in [6, 6.07) is 9.98. The minimum atomic E-state index is -0.487. The van der Waals surface area contributed by atoms with E-state index in [4.69, 9.17) is 9.72 Å². The summed E-state index contributed by atoms with van der Waals surface area (Å²) in [6.07, 6.45) is 0. The molecular formula is C22H25N5O4S. The number of aromatic nitrogens is 1. The van der Waals surface area contributed by atoms with Crippen LogP contribution >= 0.6 is 11.3 Å². The van der Waals surface area contributed by atoms with Crippen LogP contribution in [0.5, 0.6) is 0 Å². The Morgan fingerprint density at radius 1 is 1.22 bits per heavy atom. The van der Waals surface area contributed by atoms with E-state index in [-0.39, 0.29) is 17.2 Å². The first kappa shape index (κ1) is 22.0. The molecule has 9 nitrogen and oxygen atoms in total. The molecule has 0 spiro atoms. The smallest absolute Gasteiger partial charge is 0.270 e. The number of amides is 1. The first-order chi connectivity index (χ1) is 15.5. The molecule has 10 heteroatoms. The molecule has 1 saturated heterocycles. The van der Waals surface area contributed by atoms with Gasteiger partial charge in [-0.1, -0.05) is 11.3 Å². The van der Waals surface area contributed by atoms with Crippen molar-refractivity contribution >= 4 is 49.7 Å². The number of thiazole rings is 1. The molecule has 1 fully saturated rings. The Morgan fingerprint density at radius 2 is 1.97 bits per heavy atom. The van der Waals surface area contributed by atoms with Gasteiger partial charge in [0.1, 0.15) is 0 Å². The molecule has 2 heterocycles. The Morgan fingerprint density at radius 3 is 2.66 bits per heavy atom. The van der Waals surface area contributed by atoms with E-state index in [9.17, 15) is 14.9 Å². The number of non-ortho nitro benzene ring substituents is 1. The number of benzene rings is 2. The number of rotatable bonds is 7. The van der Waals surface area contributed by atoms with Gasteiger partial charge in [-0.15, -0.1) is 0 Å². The van der Waals surface area contributed by atoms with E-state index in [1.54, 1.807) is 23.5 Å². The number of carbonyl (C=O) groups is 1. The van der Waals surface area contributed by atoms with Crippen molar-refractivity contribution in [3.63, 3.8) is 0 Å². The maximum Gasteiger partial charge on any atom is 0.270 e. The van der Waals surface area contributed by atoms with Crippen LogP contribution in [0.3, 0.4) is 0 Å². The summed E-state index contributed by atoms with van der Waals surface area (Å²) in [5.41, 5.74) is 2.33. The molecule has 0 saturated carbocycles. The van der Waals surface area contributed by atoms with Gasteiger partial charge < -0.3 is 19.9 Å². The molecule has 1 amide bonds. The molecule has 2 aromatic carbocycles. The van der Waals surface area contributed by atoms with Gasteiger partial charge in [-0.2, -0.15) is 0 Å². The predicted molar refractivity (Wildman–Crippen MR) is 127 cm³/mol. The zero-order chi connectivity index (χ0) is 22.7. The highest BCUT2D eigenvalue weighted by atomic mass is 32.1. The van der Waals surface area contributed by atoms with Crippen molar-refractivity contribution in [2.75, 3.05) is 54.5 Å². The van der Waals surface area contributed by atoms with Crippen molar-refractivity contribution in [3.05, 3.63) is 52.1 Å². The van der Waals surface area contributed by atoms with E-state index in [1.807, 2.05) is 30.9 Å².